The zero-order valence-electron chi connectivity index (χ0n) is 33.3. The van der Waals surface area contributed by atoms with Gasteiger partial charge >= 0.3 is 11.9 Å². The zero-order chi connectivity index (χ0) is 39.9. The Labute approximate surface area is 337 Å². The number of hydrogen-bond donors (Lipinski definition) is 4. The molecule has 4 N–H and O–H groups in total. The van der Waals surface area contributed by atoms with E-state index >= 15 is 4.79 Å². The number of allylic oxidation sites excluding steroid dienone is 4. The predicted molar refractivity (Wildman–Crippen MR) is 202 cm³/mol. The van der Waals surface area contributed by atoms with Crippen LogP contribution < -0.4 is 5.32 Å². The number of cyclic esters (lactones) is 2. The molecule has 0 amide bonds. The summed E-state index contributed by atoms with van der Waals surface area (Å²) in [6, 6.07) is 2.32. The smallest absolute Gasteiger partial charge is 0.339 e. The topological polar surface area (TPSA) is 181 Å². The van der Waals surface area contributed by atoms with E-state index in [1.165, 1.54) is 0 Å². The summed E-state index contributed by atoms with van der Waals surface area (Å²) in [6.07, 6.45) is 13.1. The number of nitrogens with one attached hydrogen (secondary N) is 1. The number of aliphatic hydroxyl groups excluding tert-OH is 3. The number of furan rings is 1. The first-order chi connectivity index (χ1) is 27.8. The van der Waals surface area contributed by atoms with Gasteiger partial charge in [-0.15, -0.1) is 0 Å². The third-order valence-corrected chi connectivity index (χ3v) is 18.4. The molecule has 6 aliphatic heterocycles. The summed E-state index contributed by atoms with van der Waals surface area (Å²) in [5.41, 5.74) is -6.27. The molecule has 3 saturated carbocycles. The van der Waals surface area contributed by atoms with Gasteiger partial charge in [0, 0.05) is 35.9 Å². The van der Waals surface area contributed by atoms with Gasteiger partial charge in [0.05, 0.1) is 60.0 Å². The average molecular weight is 799 g/mol. The number of aliphatic hydroxyl groups is 3. The van der Waals surface area contributed by atoms with E-state index in [0.29, 0.717) is 42.0 Å². The largest absolute Gasteiger partial charge is 0.469 e. The van der Waals surface area contributed by atoms with E-state index < -0.39 is 81.2 Å². The number of epoxide rings is 1. The lowest BCUT2D eigenvalue weighted by Crippen LogP contribution is -2.82. The first kappa shape index (κ1) is 36.5. The number of ether oxygens (including phenoxy) is 4. The van der Waals surface area contributed by atoms with Crippen molar-refractivity contribution in [2.45, 2.75) is 107 Å². The highest BCUT2D eigenvalue weighted by atomic mass is 16.7. The molecule has 0 aromatic carbocycles. The van der Waals surface area contributed by atoms with E-state index in [1.807, 2.05) is 32.1 Å². The Balaban J connectivity index is 0.948. The highest BCUT2D eigenvalue weighted by Crippen LogP contribution is 2.86. The van der Waals surface area contributed by atoms with E-state index in [9.17, 15) is 24.9 Å². The highest BCUT2D eigenvalue weighted by Gasteiger charge is 2.96. The monoisotopic (exact) mass is 798 g/mol. The number of Topliss-reactive ketones (excluding diaryl/α,β-unsaturated/α-hetero) is 1. The van der Waals surface area contributed by atoms with Gasteiger partial charge in [0.2, 0.25) is 0 Å². The molecule has 310 valence electrons. The molecule has 13 rings (SSSR count). The third kappa shape index (κ3) is 3.87. The maximum absolute atomic E-state index is 15.4. The number of fused-ring (bicyclic) bond motifs is 4. The van der Waals surface area contributed by atoms with Crippen LogP contribution in [0.5, 0.6) is 0 Å². The molecule has 5 saturated heterocycles. The zero-order valence-corrected chi connectivity index (χ0v) is 33.3. The molecule has 4 spiro atoms. The number of rotatable bonds is 6. The van der Waals surface area contributed by atoms with E-state index in [4.69, 9.17) is 23.4 Å². The maximum Gasteiger partial charge on any atom is 0.339 e. The van der Waals surface area contributed by atoms with Crippen molar-refractivity contribution in [3.63, 3.8) is 0 Å². The minimum absolute atomic E-state index is 0.0105. The van der Waals surface area contributed by atoms with Crippen molar-refractivity contribution < 1.29 is 53.1 Å². The Morgan fingerprint density at radius 2 is 1.88 bits per heavy atom. The average Bonchev–Trinajstić information content (AvgIpc) is 3.50. The fourth-order valence-corrected chi connectivity index (χ4v) is 16.4. The van der Waals surface area contributed by atoms with Crippen LogP contribution in [-0.2, 0) is 39.8 Å². The first-order valence-electron chi connectivity index (χ1n) is 21.6. The van der Waals surface area contributed by atoms with E-state index in [2.05, 4.69) is 41.6 Å². The fourth-order valence-electron chi connectivity index (χ4n) is 16.4. The first-order valence-corrected chi connectivity index (χ1v) is 21.6. The molecule has 0 radical (unpaired) electrons. The molecule has 12 aliphatic rings. The van der Waals surface area contributed by atoms with Gasteiger partial charge in [0.1, 0.15) is 30.2 Å². The molecular formula is C45H54N2O11. The second-order valence-corrected chi connectivity index (χ2v) is 20.5. The minimum atomic E-state index is -1.52. The summed E-state index contributed by atoms with van der Waals surface area (Å²) in [7, 11) is 0. The number of esters is 2. The SMILES string of the molecule is CC1(C)OC2CC(=O)OCC23C2C4C=CC5C=CC13C(=O)C(O)C52C12OC1C(=O)OC(c1ccoc1CC(C(O)CO)C1CCC3C(C=CN5CNCC35)C1)C2(C)C4. The lowest BCUT2D eigenvalue weighted by atomic mass is 9.29. The van der Waals surface area contributed by atoms with E-state index in [1.54, 1.807) is 6.26 Å². The molecule has 1 aromatic rings. The Kier molecular flexibility index (Phi) is 7.25. The Bertz CT molecular complexity index is 2090. The summed E-state index contributed by atoms with van der Waals surface area (Å²) >= 11 is 0. The quantitative estimate of drug-likeness (QED) is 0.188. The van der Waals surface area contributed by atoms with Crippen molar-refractivity contribution in [1.29, 1.82) is 0 Å². The van der Waals surface area contributed by atoms with Crippen LogP contribution in [0.25, 0.3) is 0 Å². The van der Waals surface area contributed by atoms with E-state index in [0.717, 1.165) is 32.5 Å². The molecular weight excluding hydrogens is 744 g/mol. The van der Waals surface area contributed by atoms with Crippen molar-refractivity contribution in [2.24, 2.45) is 63.1 Å². The van der Waals surface area contributed by atoms with Gasteiger partial charge in [0.25, 0.3) is 0 Å². The lowest BCUT2D eigenvalue weighted by Gasteiger charge is -2.72. The molecule has 13 heteroatoms. The second kappa shape index (κ2) is 11.5. The summed E-state index contributed by atoms with van der Waals surface area (Å²) in [5, 5.41) is 38.3. The number of carbonyl (C=O) groups excluding carboxylic acids is 3. The van der Waals surface area contributed by atoms with Crippen LogP contribution in [0.2, 0.25) is 0 Å². The normalized spacial score (nSPS) is 51.7. The Hall–Kier alpha value is -3.33. The van der Waals surface area contributed by atoms with Crippen molar-refractivity contribution in [1.82, 2.24) is 10.2 Å². The maximum atomic E-state index is 15.4. The number of hydrogen-bond acceptors (Lipinski definition) is 13. The van der Waals surface area contributed by atoms with Crippen LogP contribution >= 0.6 is 0 Å². The van der Waals surface area contributed by atoms with Crippen molar-refractivity contribution in [3.05, 3.63) is 60.2 Å². The summed E-state index contributed by atoms with van der Waals surface area (Å²) < 4.78 is 32.4. The van der Waals surface area contributed by atoms with Crippen LogP contribution in [0.1, 0.15) is 70.3 Å². The third-order valence-electron chi connectivity index (χ3n) is 18.4. The Morgan fingerprint density at radius 1 is 1.03 bits per heavy atom. The second-order valence-electron chi connectivity index (χ2n) is 20.5. The summed E-state index contributed by atoms with van der Waals surface area (Å²) in [4.78, 5) is 45.2. The van der Waals surface area contributed by atoms with Gasteiger partial charge in [-0.1, -0.05) is 37.3 Å². The number of nitrogens with zero attached hydrogens (tertiary/aromatic N) is 1. The molecule has 5 bridgehead atoms. The van der Waals surface area contributed by atoms with Crippen molar-refractivity contribution in [3.8, 4) is 0 Å². The molecule has 7 heterocycles. The standard InChI is InChI=1S/C45H54N2O11/c1-40(2)43-11-8-25-6-4-24-17-41(3)37(27-10-13-54-31(27)15-28(30(49)19-48)22-5-7-26-23(14-22)9-12-47-21-46-18-29(26)47)56-39(53)38-45(41,58-38)44(25,36(52)35(43)51)34(24)42(43)20-55-33(50)16-32(42)57-40/h4,6,8-13,22-26,28-30,32,34,36-38,46,48-49,52H,5,7,14-21H2,1-3H3. The molecule has 1 aromatic heterocycles. The van der Waals surface area contributed by atoms with Crippen LogP contribution in [-0.4, -0.2) is 106 Å². The number of carbonyl (C=O) groups is 3. The predicted octanol–water partition coefficient (Wildman–Crippen LogP) is 2.74. The van der Waals surface area contributed by atoms with Crippen LogP contribution in [0.3, 0.4) is 0 Å². The minimum Gasteiger partial charge on any atom is -0.469 e. The van der Waals surface area contributed by atoms with Crippen molar-refractivity contribution >= 4 is 17.7 Å². The summed E-state index contributed by atoms with van der Waals surface area (Å²) in [5.74, 6) is -1.12. The van der Waals surface area contributed by atoms with Gasteiger partial charge in [-0.05, 0) is 87.3 Å². The molecule has 13 nitrogen and oxygen atoms in total. The van der Waals surface area contributed by atoms with Crippen LogP contribution in [0.15, 0.2) is 53.3 Å². The van der Waals surface area contributed by atoms with Gasteiger partial charge in [-0.3, -0.25) is 14.9 Å². The summed E-state index contributed by atoms with van der Waals surface area (Å²) in [6.45, 7) is 7.27. The lowest BCUT2D eigenvalue weighted by molar-refractivity contribution is -0.283. The van der Waals surface area contributed by atoms with E-state index in [-0.39, 0.29) is 49.1 Å². The van der Waals surface area contributed by atoms with Crippen molar-refractivity contribution in [2.75, 3.05) is 26.4 Å². The van der Waals surface area contributed by atoms with Crippen LogP contribution in [0.4, 0.5) is 0 Å². The molecule has 58 heavy (non-hydrogen) atoms. The molecule has 18 unspecified atom stereocenters. The fraction of sp³-hybridized carbons (Fsp3) is 0.711. The van der Waals surface area contributed by atoms with Gasteiger partial charge in [0.15, 0.2) is 11.9 Å². The van der Waals surface area contributed by atoms with Gasteiger partial charge in [-0.25, -0.2) is 4.79 Å². The molecule has 6 aliphatic carbocycles. The van der Waals surface area contributed by atoms with Gasteiger partial charge < -0.3 is 43.6 Å². The van der Waals surface area contributed by atoms with Gasteiger partial charge in [-0.2, -0.15) is 0 Å². The van der Waals surface area contributed by atoms with Crippen LogP contribution in [0, 0.1) is 63.1 Å². The molecule has 18 atom stereocenters. The number of ketones is 1. The Morgan fingerprint density at radius 3 is 2.71 bits per heavy atom. The molecule has 8 fully saturated rings. The highest BCUT2D eigenvalue weighted by molar-refractivity contribution is 5.98.